The molecular formula is C24H27ClN2O4S2. The molecule has 1 amide bonds. The van der Waals surface area contributed by atoms with Crippen molar-refractivity contribution in [3.63, 3.8) is 0 Å². The molecule has 0 bridgehead atoms. The van der Waals surface area contributed by atoms with E-state index in [2.05, 4.69) is 19.9 Å². The van der Waals surface area contributed by atoms with E-state index in [0.717, 1.165) is 28.6 Å². The minimum absolute atomic E-state index is 0.0709. The third-order valence-corrected chi connectivity index (χ3v) is 8.79. The molecule has 2 aromatic carbocycles. The molecular weight excluding hydrogens is 480 g/mol. The normalized spacial score (nSPS) is 16.5. The first-order valence-corrected chi connectivity index (χ1v) is 13.9. The van der Waals surface area contributed by atoms with E-state index in [1.807, 2.05) is 12.1 Å². The van der Waals surface area contributed by atoms with Crippen LogP contribution in [0.5, 0.6) is 0 Å². The Kier molecular flexibility index (Phi) is 7.38. The number of thiazole rings is 1. The summed E-state index contributed by atoms with van der Waals surface area (Å²) in [6, 6.07) is 12.1. The highest BCUT2D eigenvalue weighted by atomic mass is 35.5. The fourth-order valence-corrected chi connectivity index (χ4v) is 6.32. The van der Waals surface area contributed by atoms with Crippen LogP contribution in [-0.2, 0) is 19.4 Å². The van der Waals surface area contributed by atoms with Gasteiger partial charge in [-0.2, -0.15) is 0 Å². The lowest BCUT2D eigenvalue weighted by Crippen LogP contribution is -2.38. The summed E-state index contributed by atoms with van der Waals surface area (Å²) in [6.45, 7) is 5.28. The van der Waals surface area contributed by atoms with Crippen LogP contribution in [0.15, 0.2) is 47.4 Å². The fraction of sp³-hybridized carbons (Fsp3) is 0.417. The maximum absolute atomic E-state index is 13.3. The molecule has 1 saturated heterocycles. The molecule has 1 aliphatic heterocycles. The van der Waals surface area contributed by atoms with Crippen molar-refractivity contribution in [2.45, 2.75) is 50.0 Å². The van der Waals surface area contributed by atoms with Gasteiger partial charge < -0.3 is 4.74 Å². The molecule has 1 fully saturated rings. The number of hydrogen-bond acceptors (Lipinski definition) is 6. The quantitative estimate of drug-likeness (QED) is 0.406. The topological polar surface area (TPSA) is 76.6 Å². The van der Waals surface area contributed by atoms with Gasteiger partial charge in [-0.1, -0.05) is 48.9 Å². The highest BCUT2D eigenvalue weighted by molar-refractivity contribution is 7.91. The molecule has 4 rings (SSSR count). The Balaban J connectivity index is 1.59. The van der Waals surface area contributed by atoms with Crippen molar-refractivity contribution in [1.29, 1.82) is 0 Å². The number of ether oxygens (including phenoxy) is 1. The maximum atomic E-state index is 13.3. The number of rotatable bonds is 8. The van der Waals surface area contributed by atoms with Gasteiger partial charge in [-0.15, -0.1) is 0 Å². The average Bonchev–Trinajstić information content (AvgIpc) is 3.45. The molecule has 0 spiro atoms. The van der Waals surface area contributed by atoms with Gasteiger partial charge in [0, 0.05) is 18.1 Å². The minimum atomic E-state index is -3.61. The Hall–Kier alpha value is -2.00. The highest BCUT2D eigenvalue weighted by Crippen LogP contribution is 2.34. The lowest BCUT2D eigenvalue weighted by Gasteiger charge is -2.23. The molecule has 0 N–H and O–H groups in total. The van der Waals surface area contributed by atoms with Crippen molar-refractivity contribution in [1.82, 2.24) is 4.98 Å². The van der Waals surface area contributed by atoms with E-state index >= 15 is 0 Å². The summed E-state index contributed by atoms with van der Waals surface area (Å²) in [4.78, 5) is 19.9. The summed E-state index contributed by atoms with van der Waals surface area (Å²) in [5.41, 5.74) is 2.02. The van der Waals surface area contributed by atoms with Gasteiger partial charge >= 0.3 is 0 Å². The van der Waals surface area contributed by atoms with Crippen LogP contribution in [0.3, 0.4) is 0 Å². The largest absolute Gasteiger partial charge is 0.376 e. The summed E-state index contributed by atoms with van der Waals surface area (Å²) < 4.78 is 32.3. The molecule has 9 heteroatoms. The first kappa shape index (κ1) is 24.1. The van der Waals surface area contributed by atoms with E-state index in [0.29, 0.717) is 29.2 Å². The number of benzene rings is 2. The number of aromatic nitrogens is 1. The first-order chi connectivity index (χ1) is 15.7. The Morgan fingerprint density at radius 3 is 2.67 bits per heavy atom. The molecule has 33 heavy (non-hydrogen) atoms. The van der Waals surface area contributed by atoms with Crippen molar-refractivity contribution >= 4 is 54.0 Å². The zero-order valence-corrected chi connectivity index (χ0v) is 21.0. The number of fused-ring (bicyclic) bond motifs is 1. The molecule has 0 radical (unpaired) electrons. The third-order valence-electron chi connectivity index (χ3n) is 5.76. The molecule has 6 nitrogen and oxygen atoms in total. The number of halogens is 1. The Morgan fingerprint density at radius 1 is 1.24 bits per heavy atom. The van der Waals surface area contributed by atoms with Crippen LogP contribution in [0.4, 0.5) is 5.13 Å². The van der Waals surface area contributed by atoms with E-state index in [1.54, 1.807) is 4.90 Å². The maximum Gasteiger partial charge on any atom is 0.229 e. The summed E-state index contributed by atoms with van der Waals surface area (Å²) in [7, 11) is -3.61. The van der Waals surface area contributed by atoms with Crippen molar-refractivity contribution in [2.24, 2.45) is 0 Å². The van der Waals surface area contributed by atoms with Gasteiger partial charge in [-0.25, -0.2) is 13.4 Å². The van der Waals surface area contributed by atoms with E-state index in [1.165, 1.54) is 35.6 Å². The van der Waals surface area contributed by atoms with Crippen LogP contribution in [0.1, 0.15) is 44.6 Å². The molecule has 1 unspecified atom stereocenters. The average molecular weight is 507 g/mol. The van der Waals surface area contributed by atoms with Gasteiger partial charge in [0.2, 0.25) is 5.91 Å². The Morgan fingerprint density at radius 2 is 2.00 bits per heavy atom. The van der Waals surface area contributed by atoms with E-state index in [9.17, 15) is 13.2 Å². The number of sulfone groups is 1. The second-order valence-corrected chi connectivity index (χ2v) is 12.1. The number of hydrogen-bond donors (Lipinski definition) is 0. The standard InChI is InChI=1S/C24H27ClN2O4S2/c1-16(2)20-6-3-7-21-23(20)26-24(32-21)27(15-18-5-4-13-31-18)22(28)12-14-33(29,30)19-10-8-17(25)9-11-19/h3,6-11,16,18H,4-5,12-15H2,1-2H3. The summed E-state index contributed by atoms with van der Waals surface area (Å²) in [6.07, 6.45) is 1.62. The minimum Gasteiger partial charge on any atom is -0.376 e. The predicted molar refractivity (Wildman–Crippen MR) is 133 cm³/mol. The number of nitrogens with zero attached hydrogens (tertiary/aromatic N) is 2. The van der Waals surface area contributed by atoms with Gasteiger partial charge in [0.25, 0.3) is 0 Å². The van der Waals surface area contributed by atoms with Gasteiger partial charge in [0.05, 0.1) is 33.5 Å². The summed E-state index contributed by atoms with van der Waals surface area (Å²) in [5.74, 6) is -0.249. The molecule has 0 saturated carbocycles. The van der Waals surface area contributed by atoms with Gasteiger partial charge in [0.1, 0.15) is 0 Å². The zero-order chi connectivity index (χ0) is 23.6. The van der Waals surface area contributed by atoms with Crippen LogP contribution in [0.25, 0.3) is 10.2 Å². The van der Waals surface area contributed by atoms with Crippen LogP contribution >= 0.6 is 22.9 Å². The van der Waals surface area contributed by atoms with E-state index in [-0.39, 0.29) is 29.1 Å². The number of carbonyl (C=O) groups excluding carboxylic acids is 1. The number of carbonyl (C=O) groups is 1. The van der Waals surface area contributed by atoms with Gasteiger partial charge in [-0.05, 0) is 54.7 Å². The van der Waals surface area contributed by atoms with Crippen LogP contribution < -0.4 is 4.90 Å². The molecule has 1 aliphatic rings. The van der Waals surface area contributed by atoms with Crippen molar-refractivity contribution in [3.05, 3.63) is 53.1 Å². The smallest absolute Gasteiger partial charge is 0.229 e. The Labute approximate surface area is 203 Å². The van der Waals surface area contributed by atoms with Crippen LogP contribution in [-0.4, -0.2) is 44.3 Å². The van der Waals surface area contributed by atoms with Gasteiger partial charge in [0.15, 0.2) is 15.0 Å². The molecule has 0 aliphatic carbocycles. The molecule has 1 aromatic heterocycles. The van der Waals surface area contributed by atoms with E-state index < -0.39 is 9.84 Å². The highest BCUT2D eigenvalue weighted by Gasteiger charge is 2.28. The van der Waals surface area contributed by atoms with Crippen LogP contribution in [0.2, 0.25) is 5.02 Å². The van der Waals surface area contributed by atoms with Gasteiger partial charge in [-0.3, -0.25) is 9.69 Å². The Bertz CT molecular complexity index is 1230. The number of anilines is 1. The molecule has 1 atom stereocenters. The molecule has 3 aromatic rings. The zero-order valence-electron chi connectivity index (χ0n) is 18.7. The van der Waals surface area contributed by atoms with Crippen molar-refractivity contribution in [3.8, 4) is 0 Å². The SMILES string of the molecule is CC(C)c1cccc2sc(N(CC3CCCO3)C(=O)CCS(=O)(=O)c3ccc(Cl)cc3)nc12. The summed E-state index contributed by atoms with van der Waals surface area (Å²) in [5, 5.41) is 1.05. The molecule has 176 valence electrons. The molecule has 2 heterocycles. The monoisotopic (exact) mass is 506 g/mol. The second kappa shape index (κ2) is 10.1. The first-order valence-electron chi connectivity index (χ1n) is 11.0. The lowest BCUT2D eigenvalue weighted by molar-refractivity contribution is -0.118. The van der Waals surface area contributed by atoms with Crippen LogP contribution in [0, 0.1) is 0 Å². The van der Waals surface area contributed by atoms with Crippen molar-refractivity contribution in [2.75, 3.05) is 23.8 Å². The van der Waals surface area contributed by atoms with Crippen molar-refractivity contribution < 1.29 is 17.9 Å². The van der Waals surface area contributed by atoms with E-state index in [4.69, 9.17) is 21.3 Å². The lowest BCUT2D eigenvalue weighted by atomic mass is 10.0. The fourth-order valence-electron chi connectivity index (χ4n) is 3.93. The number of amides is 1. The summed E-state index contributed by atoms with van der Waals surface area (Å²) >= 11 is 7.32. The third kappa shape index (κ3) is 5.57. The second-order valence-electron chi connectivity index (χ2n) is 8.51. The number of para-hydroxylation sites is 1. The predicted octanol–water partition coefficient (Wildman–Crippen LogP) is 5.45.